The molecule has 2 fully saturated rings. The molecule has 35 heavy (non-hydrogen) atoms. The molecule has 5 rings (SSSR count). The van der Waals surface area contributed by atoms with Crippen LogP contribution in [0.25, 0.3) is 16.9 Å². The van der Waals surface area contributed by atoms with Crippen molar-refractivity contribution in [2.24, 2.45) is 0 Å². The van der Waals surface area contributed by atoms with Crippen molar-refractivity contribution < 1.29 is 8.42 Å². The van der Waals surface area contributed by atoms with Crippen molar-refractivity contribution in [2.45, 2.75) is 69.4 Å². The molecule has 0 N–H and O–H groups in total. The Kier molecular flexibility index (Phi) is 6.77. The molecule has 1 aromatic carbocycles. The second-order valence-corrected chi connectivity index (χ2v) is 12.8. The van der Waals surface area contributed by atoms with E-state index in [1.807, 2.05) is 12.1 Å². The van der Waals surface area contributed by atoms with Crippen LogP contribution in [0.1, 0.15) is 56.7 Å². The van der Waals surface area contributed by atoms with Crippen molar-refractivity contribution in [2.75, 3.05) is 32.4 Å². The molecule has 2 aromatic heterocycles. The summed E-state index contributed by atoms with van der Waals surface area (Å²) in [5.74, 6) is 0.583. The minimum atomic E-state index is -3.20. The topological polar surface area (TPSA) is 57.9 Å². The summed E-state index contributed by atoms with van der Waals surface area (Å²) in [6.45, 7) is 11.6. The Bertz CT molecular complexity index is 1280. The molecule has 0 spiro atoms. The number of fused-ring (bicyclic) bond motifs is 1. The van der Waals surface area contributed by atoms with Crippen LogP contribution < -0.4 is 0 Å². The summed E-state index contributed by atoms with van der Waals surface area (Å²) in [5.41, 5.74) is 5.35. The fourth-order valence-corrected chi connectivity index (χ4v) is 6.52. The highest BCUT2D eigenvalue weighted by molar-refractivity contribution is 7.90. The van der Waals surface area contributed by atoms with Gasteiger partial charge in [-0.2, -0.15) is 0 Å². The van der Waals surface area contributed by atoms with Crippen LogP contribution in [0, 0.1) is 6.92 Å². The SMILES string of the molecule is Cc1cc(C2CCN(C3CCN(C(C)C)CC3)CC2)cc2nc(-c3ccc(S(C)(=O)=O)cc3)cn12. The molecule has 188 valence electrons. The van der Waals surface area contributed by atoms with Gasteiger partial charge in [0.25, 0.3) is 0 Å². The minimum absolute atomic E-state index is 0.334. The second-order valence-electron chi connectivity index (χ2n) is 10.8. The monoisotopic (exact) mass is 494 g/mol. The van der Waals surface area contributed by atoms with E-state index in [9.17, 15) is 8.42 Å². The first-order valence-electron chi connectivity index (χ1n) is 13.0. The quantitative estimate of drug-likeness (QED) is 0.512. The molecule has 2 aliphatic heterocycles. The van der Waals surface area contributed by atoms with Crippen LogP contribution >= 0.6 is 0 Å². The normalized spacial score (nSPS) is 19.7. The zero-order chi connectivity index (χ0) is 24.7. The number of likely N-dealkylation sites (tertiary alicyclic amines) is 2. The lowest BCUT2D eigenvalue weighted by atomic mass is 9.88. The van der Waals surface area contributed by atoms with E-state index in [0.717, 1.165) is 22.9 Å². The van der Waals surface area contributed by atoms with E-state index in [4.69, 9.17) is 4.98 Å². The summed E-state index contributed by atoms with van der Waals surface area (Å²) in [7, 11) is -3.20. The molecule has 0 bridgehead atoms. The van der Waals surface area contributed by atoms with Crippen molar-refractivity contribution in [1.29, 1.82) is 0 Å². The van der Waals surface area contributed by atoms with Crippen LogP contribution in [0.4, 0.5) is 0 Å². The number of aromatic nitrogens is 2. The molecule has 7 heteroatoms. The van der Waals surface area contributed by atoms with E-state index < -0.39 is 9.84 Å². The maximum Gasteiger partial charge on any atom is 0.175 e. The van der Waals surface area contributed by atoms with Crippen LogP contribution in [0.5, 0.6) is 0 Å². The Morgan fingerprint density at radius 3 is 2.20 bits per heavy atom. The van der Waals surface area contributed by atoms with E-state index in [0.29, 0.717) is 16.9 Å². The molecule has 0 atom stereocenters. The smallest absolute Gasteiger partial charge is 0.175 e. The van der Waals surface area contributed by atoms with Gasteiger partial charge in [-0.1, -0.05) is 12.1 Å². The van der Waals surface area contributed by atoms with E-state index in [-0.39, 0.29) is 0 Å². The number of hydrogen-bond acceptors (Lipinski definition) is 5. The molecule has 0 radical (unpaired) electrons. The van der Waals surface area contributed by atoms with Gasteiger partial charge in [-0.15, -0.1) is 0 Å². The third-order valence-electron chi connectivity index (χ3n) is 8.11. The van der Waals surface area contributed by atoms with E-state index in [1.165, 1.54) is 69.4 Å². The van der Waals surface area contributed by atoms with Gasteiger partial charge < -0.3 is 14.2 Å². The first-order valence-corrected chi connectivity index (χ1v) is 14.9. The van der Waals surface area contributed by atoms with Crippen LogP contribution in [0.15, 0.2) is 47.5 Å². The van der Waals surface area contributed by atoms with Crippen molar-refractivity contribution >= 4 is 15.5 Å². The summed E-state index contributed by atoms with van der Waals surface area (Å²) in [6.07, 6.45) is 8.31. The number of rotatable bonds is 5. The van der Waals surface area contributed by atoms with Gasteiger partial charge in [0.1, 0.15) is 5.65 Å². The van der Waals surface area contributed by atoms with Gasteiger partial charge in [0.2, 0.25) is 0 Å². The number of piperidine rings is 2. The number of benzene rings is 1. The lowest BCUT2D eigenvalue weighted by Gasteiger charge is -2.43. The standard InChI is InChI=1S/C28H38N4O2S/c1-20(2)30-15-11-25(12-16-30)31-13-9-22(10-14-31)24-17-21(3)32-19-27(29-28(32)18-24)23-5-7-26(8-6-23)35(4,33)34/h5-8,17-20,22,25H,9-16H2,1-4H3. The Morgan fingerprint density at radius 2 is 1.60 bits per heavy atom. The molecule has 0 amide bonds. The Morgan fingerprint density at radius 1 is 0.943 bits per heavy atom. The summed E-state index contributed by atoms with van der Waals surface area (Å²) in [5, 5.41) is 0. The molecule has 0 unspecified atom stereocenters. The van der Waals surface area contributed by atoms with Crippen molar-refractivity contribution in [3.05, 3.63) is 53.9 Å². The number of nitrogens with zero attached hydrogens (tertiary/aromatic N) is 4. The van der Waals surface area contributed by atoms with Gasteiger partial charge in [-0.3, -0.25) is 0 Å². The number of sulfone groups is 1. The second kappa shape index (κ2) is 9.68. The lowest BCUT2D eigenvalue weighted by molar-refractivity contribution is 0.0753. The van der Waals surface area contributed by atoms with Gasteiger partial charge in [-0.05, 0) is 108 Å². The molecule has 2 saturated heterocycles. The van der Waals surface area contributed by atoms with Crippen molar-refractivity contribution in [3.63, 3.8) is 0 Å². The number of imidazole rings is 1. The molecule has 0 saturated carbocycles. The van der Waals surface area contributed by atoms with E-state index in [2.05, 4.69) is 53.3 Å². The zero-order valence-electron chi connectivity index (χ0n) is 21.4. The van der Waals surface area contributed by atoms with Gasteiger partial charge >= 0.3 is 0 Å². The maximum absolute atomic E-state index is 11.8. The average molecular weight is 495 g/mol. The summed E-state index contributed by atoms with van der Waals surface area (Å²) in [4.78, 5) is 10.6. The number of hydrogen-bond donors (Lipinski definition) is 0. The summed E-state index contributed by atoms with van der Waals surface area (Å²) >= 11 is 0. The first kappa shape index (κ1) is 24.5. The molecule has 4 heterocycles. The predicted molar refractivity (Wildman–Crippen MR) is 142 cm³/mol. The van der Waals surface area contributed by atoms with Gasteiger partial charge in [0.05, 0.1) is 10.6 Å². The molecule has 3 aromatic rings. The molecule has 2 aliphatic rings. The largest absolute Gasteiger partial charge is 0.304 e. The van der Waals surface area contributed by atoms with E-state index in [1.54, 1.807) is 12.1 Å². The highest BCUT2D eigenvalue weighted by Crippen LogP contribution is 2.33. The summed E-state index contributed by atoms with van der Waals surface area (Å²) < 4.78 is 25.7. The number of pyridine rings is 1. The Hall–Kier alpha value is -2.22. The minimum Gasteiger partial charge on any atom is -0.304 e. The van der Waals surface area contributed by atoms with Crippen LogP contribution in [-0.4, -0.2) is 72.1 Å². The third kappa shape index (κ3) is 5.18. The number of aryl methyl sites for hydroxylation is 1. The molecule has 0 aliphatic carbocycles. The van der Waals surface area contributed by atoms with Crippen LogP contribution in [0.3, 0.4) is 0 Å². The highest BCUT2D eigenvalue weighted by atomic mass is 32.2. The maximum atomic E-state index is 11.8. The van der Waals surface area contributed by atoms with Gasteiger partial charge in [0, 0.05) is 35.8 Å². The fraction of sp³-hybridized carbons (Fsp3) is 0.536. The van der Waals surface area contributed by atoms with Gasteiger partial charge in [-0.25, -0.2) is 13.4 Å². The van der Waals surface area contributed by atoms with Crippen LogP contribution in [-0.2, 0) is 9.84 Å². The highest BCUT2D eigenvalue weighted by Gasteiger charge is 2.29. The van der Waals surface area contributed by atoms with Crippen LogP contribution in [0.2, 0.25) is 0 Å². The molecular formula is C28H38N4O2S. The molecule has 6 nitrogen and oxygen atoms in total. The van der Waals surface area contributed by atoms with Gasteiger partial charge in [0.15, 0.2) is 9.84 Å². The fourth-order valence-electron chi connectivity index (χ4n) is 5.89. The summed E-state index contributed by atoms with van der Waals surface area (Å²) in [6, 6.07) is 13.0. The predicted octanol–water partition coefficient (Wildman–Crippen LogP) is 4.77. The van der Waals surface area contributed by atoms with Crippen molar-refractivity contribution in [1.82, 2.24) is 19.2 Å². The Labute approximate surface area is 209 Å². The lowest BCUT2D eigenvalue weighted by Crippen LogP contribution is -2.48. The third-order valence-corrected chi connectivity index (χ3v) is 9.24. The zero-order valence-corrected chi connectivity index (χ0v) is 22.3. The first-order chi connectivity index (χ1) is 16.7. The van der Waals surface area contributed by atoms with Crippen molar-refractivity contribution in [3.8, 4) is 11.3 Å². The van der Waals surface area contributed by atoms with E-state index >= 15 is 0 Å². The Balaban J connectivity index is 1.28. The average Bonchev–Trinajstić information content (AvgIpc) is 3.29. The molecular weight excluding hydrogens is 456 g/mol.